The number of hydrogen-bond acceptors (Lipinski definition) is 5. The first kappa shape index (κ1) is 15.9. The maximum Gasteiger partial charge on any atom is 0.246 e. The van der Waals surface area contributed by atoms with Crippen LogP contribution in [0.15, 0.2) is 17.3 Å². The van der Waals surface area contributed by atoms with Gasteiger partial charge in [0.1, 0.15) is 4.90 Å². The Hall–Kier alpha value is -0.960. The molecule has 0 spiro atoms. The third-order valence-corrected chi connectivity index (χ3v) is 6.36. The first-order chi connectivity index (χ1) is 10.5. The summed E-state index contributed by atoms with van der Waals surface area (Å²) in [5, 5.41) is 7.49. The van der Waals surface area contributed by atoms with Crippen molar-refractivity contribution in [3.63, 3.8) is 0 Å². The molecule has 8 heteroatoms. The van der Waals surface area contributed by atoms with Crippen molar-refractivity contribution in [2.75, 3.05) is 39.3 Å². The molecule has 7 nitrogen and oxygen atoms in total. The molecule has 2 saturated heterocycles. The first-order valence-corrected chi connectivity index (χ1v) is 9.41. The molecule has 3 heterocycles. The Balaban J connectivity index is 1.70. The van der Waals surface area contributed by atoms with Crippen molar-refractivity contribution in [3.8, 4) is 0 Å². The molecule has 2 fully saturated rings. The number of nitrogens with one attached hydrogen (secondary N) is 1. The van der Waals surface area contributed by atoms with Crippen LogP contribution >= 0.6 is 0 Å². The summed E-state index contributed by atoms with van der Waals surface area (Å²) < 4.78 is 28.8. The zero-order valence-corrected chi connectivity index (χ0v) is 14.1. The highest BCUT2D eigenvalue weighted by atomic mass is 32.2. The van der Waals surface area contributed by atoms with Crippen molar-refractivity contribution in [1.29, 1.82) is 0 Å². The lowest BCUT2D eigenvalue weighted by Gasteiger charge is -2.32. The molecule has 1 aromatic heterocycles. The third-order valence-electron chi connectivity index (χ3n) is 4.54. The maximum atomic E-state index is 12.7. The van der Waals surface area contributed by atoms with E-state index in [-0.39, 0.29) is 6.04 Å². The maximum absolute atomic E-state index is 12.7. The van der Waals surface area contributed by atoms with Crippen LogP contribution in [0, 0.1) is 0 Å². The van der Waals surface area contributed by atoms with E-state index < -0.39 is 10.0 Å². The molecular formula is C14H25N5O2S. The standard InChI is InChI=1S/C14H25N5O2S/c1-12(2)19-11-14(9-16-19)22(20,21)18-6-3-13(10-18)17-7-4-15-5-8-17/h9,11-13,15H,3-8,10H2,1-2H3. The zero-order chi connectivity index (χ0) is 15.7. The number of hydrogen-bond donors (Lipinski definition) is 1. The molecule has 1 unspecified atom stereocenters. The highest BCUT2D eigenvalue weighted by molar-refractivity contribution is 7.89. The van der Waals surface area contributed by atoms with Gasteiger partial charge in [-0.2, -0.15) is 9.40 Å². The fraction of sp³-hybridized carbons (Fsp3) is 0.786. The minimum atomic E-state index is -3.42. The topological polar surface area (TPSA) is 70.5 Å². The van der Waals surface area contributed by atoms with Gasteiger partial charge in [0, 0.05) is 57.5 Å². The molecule has 3 rings (SSSR count). The van der Waals surface area contributed by atoms with Crippen LogP contribution in [0.25, 0.3) is 0 Å². The Morgan fingerprint density at radius 3 is 2.64 bits per heavy atom. The van der Waals surface area contributed by atoms with E-state index in [1.54, 1.807) is 15.2 Å². The van der Waals surface area contributed by atoms with E-state index in [9.17, 15) is 8.42 Å². The highest BCUT2D eigenvalue weighted by Crippen LogP contribution is 2.24. The fourth-order valence-electron chi connectivity index (χ4n) is 3.16. The van der Waals surface area contributed by atoms with Gasteiger partial charge in [0.05, 0.1) is 6.20 Å². The molecule has 0 radical (unpaired) electrons. The zero-order valence-electron chi connectivity index (χ0n) is 13.3. The predicted molar refractivity (Wildman–Crippen MR) is 84.2 cm³/mol. The highest BCUT2D eigenvalue weighted by Gasteiger charge is 2.36. The Kier molecular flexibility index (Phi) is 4.54. The third kappa shape index (κ3) is 3.05. The summed E-state index contributed by atoms with van der Waals surface area (Å²) in [6, 6.07) is 0.508. The summed E-state index contributed by atoms with van der Waals surface area (Å²) in [6.45, 7) is 9.15. The fourth-order valence-corrected chi connectivity index (χ4v) is 4.59. The molecule has 1 atom stereocenters. The lowest BCUT2D eigenvalue weighted by Crippen LogP contribution is -2.49. The van der Waals surface area contributed by atoms with Crippen LogP contribution in [0.4, 0.5) is 0 Å². The number of sulfonamides is 1. The smallest absolute Gasteiger partial charge is 0.246 e. The van der Waals surface area contributed by atoms with Gasteiger partial charge in [0.2, 0.25) is 10.0 Å². The largest absolute Gasteiger partial charge is 0.314 e. The van der Waals surface area contributed by atoms with E-state index in [0.29, 0.717) is 24.0 Å². The van der Waals surface area contributed by atoms with Gasteiger partial charge in [0.15, 0.2) is 0 Å². The summed E-state index contributed by atoms with van der Waals surface area (Å²) in [5.74, 6) is 0. The molecular weight excluding hydrogens is 302 g/mol. The van der Waals surface area contributed by atoms with Crippen molar-refractivity contribution >= 4 is 10.0 Å². The Morgan fingerprint density at radius 2 is 2.00 bits per heavy atom. The Bertz CT molecular complexity index is 607. The Morgan fingerprint density at radius 1 is 1.27 bits per heavy atom. The van der Waals surface area contributed by atoms with Gasteiger partial charge in [-0.3, -0.25) is 9.58 Å². The lowest BCUT2D eigenvalue weighted by atomic mass is 10.2. The number of aromatic nitrogens is 2. The molecule has 22 heavy (non-hydrogen) atoms. The van der Waals surface area contributed by atoms with Crippen molar-refractivity contribution in [3.05, 3.63) is 12.4 Å². The van der Waals surface area contributed by atoms with E-state index in [0.717, 1.165) is 32.6 Å². The second-order valence-corrected chi connectivity index (χ2v) is 8.28. The van der Waals surface area contributed by atoms with Crippen LogP contribution in [0.5, 0.6) is 0 Å². The predicted octanol–water partition coefficient (Wildman–Crippen LogP) is 0.132. The molecule has 2 aliphatic heterocycles. The van der Waals surface area contributed by atoms with E-state index in [2.05, 4.69) is 15.3 Å². The molecule has 0 aliphatic carbocycles. The molecule has 124 valence electrons. The van der Waals surface area contributed by atoms with E-state index in [1.165, 1.54) is 6.20 Å². The summed E-state index contributed by atoms with van der Waals surface area (Å²) in [6.07, 6.45) is 4.02. The number of rotatable bonds is 4. The first-order valence-electron chi connectivity index (χ1n) is 7.97. The molecule has 0 amide bonds. The van der Waals surface area contributed by atoms with Crippen molar-refractivity contribution in [2.45, 2.75) is 37.2 Å². The lowest BCUT2D eigenvalue weighted by molar-refractivity contribution is 0.179. The minimum Gasteiger partial charge on any atom is -0.314 e. The van der Waals surface area contributed by atoms with Crippen molar-refractivity contribution in [2.24, 2.45) is 0 Å². The van der Waals surface area contributed by atoms with Gasteiger partial charge in [-0.05, 0) is 20.3 Å². The molecule has 1 N–H and O–H groups in total. The molecule has 0 saturated carbocycles. The Labute approximate surface area is 132 Å². The van der Waals surface area contributed by atoms with E-state index in [4.69, 9.17) is 0 Å². The summed E-state index contributed by atoms with van der Waals surface area (Å²) in [7, 11) is -3.42. The molecule has 1 aromatic rings. The van der Waals surface area contributed by atoms with Gasteiger partial charge in [-0.1, -0.05) is 0 Å². The number of piperazine rings is 1. The van der Waals surface area contributed by atoms with Crippen LogP contribution < -0.4 is 5.32 Å². The van der Waals surface area contributed by atoms with E-state index >= 15 is 0 Å². The minimum absolute atomic E-state index is 0.163. The normalized spacial score (nSPS) is 25.1. The van der Waals surface area contributed by atoms with Crippen molar-refractivity contribution in [1.82, 2.24) is 24.3 Å². The number of nitrogens with zero attached hydrogens (tertiary/aromatic N) is 4. The van der Waals surface area contributed by atoms with Crippen LogP contribution in [0.1, 0.15) is 26.3 Å². The summed E-state index contributed by atoms with van der Waals surface area (Å²) in [4.78, 5) is 2.71. The van der Waals surface area contributed by atoms with Crippen LogP contribution in [-0.4, -0.2) is 72.7 Å². The van der Waals surface area contributed by atoms with Gasteiger partial charge < -0.3 is 5.32 Å². The molecule has 0 aromatic carbocycles. The average Bonchev–Trinajstić information content (AvgIpc) is 3.18. The second-order valence-electron chi connectivity index (χ2n) is 6.34. The second kappa shape index (κ2) is 6.27. The van der Waals surface area contributed by atoms with Gasteiger partial charge >= 0.3 is 0 Å². The SMILES string of the molecule is CC(C)n1cc(S(=O)(=O)N2CCC(N3CCNCC3)C2)cn1. The van der Waals surface area contributed by atoms with Gasteiger partial charge in [-0.15, -0.1) is 0 Å². The average molecular weight is 327 g/mol. The van der Waals surface area contributed by atoms with Crippen LogP contribution in [0.2, 0.25) is 0 Å². The van der Waals surface area contributed by atoms with Gasteiger partial charge in [0.25, 0.3) is 0 Å². The van der Waals surface area contributed by atoms with Crippen molar-refractivity contribution < 1.29 is 8.42 Å². The van der Waals surface area contributed by atoms with Crippen LogP contribution in [0.3, 0.4) is 0 Å². The molecule has 2 aliphatic rings. The quantitative estimate of drug-likeness (QED) is 0.851. The summed E-state index contributed by atoms with van der Waals surface area (Å²) in [5.41, 5.74) is 0. The molecule has 0 bridgehead atoms. The van der Waals surface area contributed by atoms with Gasteiger partial charge in [-0.25, -0.2) is 8.42 Å². The van der Waals surface area contributed by atoms with Crippen LogP contribution in [-0.2, 0) is 10.0 Å². The summed E-state index contributed by atoms with van der Waals surface area (Å²) >= 11 is 0. The monoisotopic (exact) mass is 327 g/mol. The van der Waals surface area contributed by atoms with E-state index in [1.807, 2.05) is 13.8 Å².